The number of H-pyrrole nitrogens is 1. The first-order valence-corrected chi connectivity index (χ1v) is 9.69. The third-order valence-electron chi connectivity index (χ3n) is 4.61. The fourth-order valence-electron chi connectivity index (χ4n) is 2.99. The molecular formula is C22H21N5OS. The molecule has 146 valence electrons. The molecule has 7 heteroatoms. The number of pyridine rings is 1. The van der Waals surface area contributed by atoms with Crippen LogP contribution in [-0.2, 0) is 13.2 Å². The summed E-state index contributed by atoms with van der Waals surface area (Å²) in [6, 6.07) is 20.1. The van der Waals surface area contributed by atoms with Crippen LogP contribution < -0.4 is 10.2 Å². The summed E-state index contributed by atoms with van der Waals surface area (Å²) in [6.07, 6.45) is 3.46. The van der Waals surface area contributed by atoms with Crippen molar-refractivity contribution in [3.63, 3.8) is 0 Å². The van der Waals surface area contributed by atoms with Gasteiger partial charge in [-0.15, -0.1) is 0 Å². The van der Waals surface area contributed by atoms with E-state index in [0.29, 0.717) is 23.7 Å². The quantitative estimate of drug-likeness (QED) is 0.440. The number of aromatic amines is 1. The fraction of sp³-hybridized carbons (Fsp3) is 0.136. The summed E-state index contributed by atoms with van der Waals surface area (Å²) in [4.78, 5) is 4.05. The van der Waals surface area contributed by atoms with Gasteiger partial charge in [-0.2, -0.15) is 5.10 Å². The van der Waals surface area contributed by atoms with Crippen LogP contribution in [-0.4, -0.2) is 19.9 Å². The molecular weight excluding hydrogens is 382 g/mol. The van der Waals surface area contributed by atoms with Crippen molar-refractivity contribution in [1.82, 2.24) is 19.9 Å². The maximum absolute atomic E-state index is 5.99. The highest BCUT2D eigenvalue weighted by molar-refractivity contribution is 7.71. The van der Waals surface area contributed by atoms with Gasteiger partial charge in [0.1, 0.15) is 12.4 Å². The van der Waals surface area contributed by atoms with E-state index in [2.05, 4.69) is 39.7 Å². The lowest BCUT2D eigenvalue weighted by atomic mass is 10.1. The molecule has 2 N–H and O–H groups in total. The Bertz CT molecular complexity index is 1150. The van der Waals surface area contributed by atoms with E-state index >= 15 is 0 Å². The molecule has 0 aliphatic heterocycles. The van der Waals surface area contributed by atoms with Crippen LogP contribution in [0, 0.1) is 11.7 Å². The number of hydrogen-bond donors (Lipinski definition) is 2. The van der Waals surface area contributed by atoms with Crippen LogP contribution in [0.5, 0.6) is 5.75 Å². The molecule has 0 radical (unpaired) electrons. The standard InChI is InChI=1S/C22H21N5OS/c1-16-5-2-3-7-19(16)15-28-20-8-4-6-17(13-20)14-24-27-21(25-26-22(27)29)18-9-11-23-12-10-18/h2-13,24H,14-15H2,1H3,(H,26,29). The summed E-state index contributed by atoms with van der Waals surface area (Å²) >= 11 is 5.36. The summed E-state index contributed by atoms with van der Waals surface area (Å²) < 4.78 is 8.26. The molecule has 0 aliphatic carbocycles. The third-order valence-corrected chi connectivity index (χ3v) is 4.88. The molecule has 2 aromatic heterocycles. The second-order valence-electron chi connectivity index (χ2n) is 6.62. The predicted octanol–water partition coefficient (Wildman–Crippen LogP) is 4.63. The molecule has 0 atom stereocenters. The van der Waals surface area contributed by atoms with Crippen molar-refractivity contribution >= 4 is 12.2 Å². The van der Waals surface area contributed by atoms with E-state index in [-0.39, 0.29) is 0 Å². The Morgan fingerprint density at radius 3 is 2.72 bits per heavy atom. The van der Waals surface area contributed by atoms with Crippen molar-refractivity contribution in [2.75, 3.05) is 5.43 Å². The van der Waals surface area contributed by atoms with Crippen molar-refractivity contribution in [2.24, 2.45) is 0 Å². The monoisotopic (exact) mass is 403 g/mol. The van der Waals surface area contributed by atoms with E-state index in [0.717, 1.165) is 16.9 Å². The van der Waals surface area contributed by atoms with Crippen molar-refractivity contribution in [2.45, 2.75) is 20.1 Å². The zero-order chi connectivity index (χ0) is 20.1. The normalized spacial score (nSPS) is 10.7. The number of rotatable bonds is 7. The number of nitrogens with zero attached hydrogens (tertiary/aromatic N) is 3. The lowest BCUT2D eigenvalue weighted by Gasteiger charge is -2.12. The summed E-state index contributed by atoms with van der Waals surface area (Å²) in [5.74, 6) is 1.54. The molecule has 0 saturated carbocycles. The van der Waals surface area contributed by atoms with Gasteiger partial charge in [-0.1, -0.05) is 36.4 Å². The minimum atomic E-state index is 0.503. The zero-order valence-electron chi connectivity index (χ0n) is 16.0. The molecule has 0 bridgehead atoms. The highest BCUT2D eigenvalue weighted by Gasteiger charge is 2.08. The van der Waals surface area contributed by atoms with E-state index in [1.54, 1.807) is 17.1 Å². The number of aryl methyl sites for hydroxylation is 1. The lowest BCUT2D eigenvalue weighted by molar-refractivity contribution is 0.305. The van der Waals surface area contributed by atoms with Gasteiger partial charge in [-0.25, -0.2) is 9.77 Å². The molecule has 0 fully saturated rings. The third kappa shape index (κ3) is 4.52. The second kappa shape index (κ2) is 8.70. The molecule has 4 rings (SSSR count). The van der Waals surface area contributed by atoms with E-state index in [1.807, 2.05) is 48.5 Å². The summed E-state index contributed by atoms with van der Waals surface area (Å²) in [5.41, 5.74) is 7.74. The molecule has 0 amide bonds. The SMILES string of the molecule is Cc1ccccc1COc1cccc(CNn2c(-c3ccncc3)n[nH]c2=S)c1. The molecule has 2 aromatic carbocycles. The van der Waals surface area contributed by atoms with Gasteiger partial charge in [-0.3, -0.25) is 4.98 Å². The largest absolute Gasteiger partial charge is 0.489 e. The van der Waals surface area contributed by atoms with Crippen LogP contribution in [0.3, 0.4) is 0 Å². The smallest absolute Gasteiger partial charge is 0.214 e. The maximum Gasteiger partial charge on any atom is 0.214 e. The highest BCUT2D eigenvalue weighted by atomic mass is 32.1. The summed E-state index contributed by atoms with van der Waals surface area (Å²) in [6.45, 7) is 3.21. The Hall–Kier alpha value is -3.45. The second-order valence-corrected chi connectivity index (χ2v) is 7.01. The predicted molar refractivity (Wildman–Crippen MR) is 116 cm³/mol. The first-order chi connectivity index (χ1) is 14.2. The van der Waals surface area contributed by atoms with Gasteiger partial charge in [-0.05, 0) is 60.1 Å². The van der Waals surface area contributed by atoms with Crippen molar-refractivity contribution in [3.8, 4) is 17.1 Å². The number of aromatic nitrogens is 4. The van der Waals surface area contributed by atoms with E-state index in [9.17, 15) is 0 Å². The molecule has 6 nitrogen and oxygen atoms in total. The van der Waals surface area contributed by atoms with Crippen LogP contribution in [0.1, 0.15) is 16.7 Å². The Morgan fingerprint density at radius 1 is 1.07 bits per heavy atom. The van der Waals surface area contributed by atoms with Crippen LogP contribution in [0.4, 0.5) is 0 Å². The molecule has 2 heterocycles. The Balaban J connectivity index is 1.45. The Kier molecular flexibility index (Phi) is 5.67. The molecule has 29 heavy (non-hydrogen) atoms. The van der Waals surface area contributed by atoms with E-state index in [1.165, 1.54) is 11.1 Å². The summed E-state index contributed by atoms with van der Waals surface area (Å²) in [7, 11) is 0. The van der Waals surface area contributed by atoms with Gasteiger partial charge in [0.25, 0.3) is 0 Å². The Morgan fingerprint density at radius 2 is 1.90 bits per heavy atom. The van der Waals surface area contributed by atoms with Crippen LogP contribution in [0.25, 0.3) is 11.4 Å². The average molecular weight is 404 g/mol. The number of ether oxygens (including phenoxy) is 1. The number of hydrogen-bond acceptors (Lipinski definition) is 5. The fourth-order valence-corrected chi connectivity index (χ4v) is 3.18. The van der Waals surface area contributed by atoms with Crippen LogP contribution in [0.15, 0.2) is 73.1 Å². The topological polar surface area (TPSA) is 67.8 Å². The van der Waals surface area contributed by atoms with Gasteiger partial charge < -0.3 is 10.2 Å². The number of benzene rings is 2. The van der Waals surface area contributed by atoms with Crippen LogP contribution >= 0.6 is 12.2 Å². The van der Waals surface area contributed by atoms with Crippen molar-refractivity contribution in [3.05, 3.63) is 94.5 Å². The van der Waals surface area contributed by atoms with Gasteiger partial charge in [0, 0.05) is 18.0 Å². The first kappa shape index (κ1) is 18.9. The van der Waals surface area contributed by atoms with Gasteiger partial charge in [0.15, 0.2) is 5.82 Å². The Labute approximate surface area is 174 Å². The molecule has 4 aromatic rings. The van der Waals surface area contributed by atoms with Crippen LogP contribution in [0.2, 0.25) is 0 Å². The first-order valence-electron chi connectivity index (χ1n) is 9.28. The van der Waals surface area contributed by atoms with Gasteiger partial charge in [0.05, 0.1) is 6.54 Å². The minimum Gasteiger partial charge on any atom is -0.489 e. The molecule has 0 spiro atoms. The average Bonchev–Trinajstić information content (AvgIpc) is 3.13. The minimum absolute atomic E-state index is 0.503. The summed E-state index contributed by atoms with van der Waals surface area (Å²) in [5, 5.41) is 7.15. The van der Waals surface area contributed by atoms with Gasteiger partial charge in [0.2, 0.25) is 4.77 Å². The zero-order valence-corrected chi connectivity index (χ0v) is 16.8. The lowest BCUT2D eigenvalue weighted by Crippen LogP contribution is -2.16. The van der Waals surface area contributed by atoms with Gasteiger partial charge >= 0.3 is 0 Å². The van der Waals surface area contributed by atoms with E-state index < -0.39 is 0 Å². The maximum atomic E-state index is 5.99. The highest BCUT2D eigenvalue weighted by Crippen LogP contribution is 2.18. The van der Waals surface area contributed by atoms with Crippen molar-refractivity contribution in [1.29, 1.82) is 0 Å². The molecule has 0 saturated heterocycles. The number of nitrogens with one attached hydrogen (secondary N) is 2. The molecule has 0 unspecified atom stereocenters. The van der Waals surface area contributed by atoms with E-state index in [4.69, 9.17) is 17.0 Å². The van der Waals surface area contributed by atoms with Crippen molar-refractivity contribution < 1.29 is 4.74 Å². The molecule has 0 aliphatic rings.